The molecule has 0 fully saturated rings. The molecule has 0 saturated heterocycles. The van der Waals surface area contributed by atoms with Gasteiger partial charge in [-0.2, -0.15) is 0 Å². The van der Waals surface area contributed by atoms with Crippen LogP contribution in [0.25, 0.3) is 0 Å². The lowest BCUT2D eigenvalue weighted by Gasteiger charge is -1.86. The smallest absolute Gasteiger partial charge is 0.0653 e. The molecule has 4 heteroatoms. The summed E-state index contributed by atoms with van der Waals surface area (Å²) in [6, 6.07) is 0. The Morgan fingerprint density at radius 3 is 1.67 bits per heavy atom. The minimum Gasteiger partial charge on any atom is -0.412 e. The summed E-state index contributed by atoms with van der Waals surface area (Å²) < 4.78 is 0. The summed E-state index contributed by atoms with van der Waals surface area (Å²) in [5, 5.41) is 0. The molecule has 9 heavy (non-hydrogen) atoms. The number of rotatable bonds is 3. The second-order valence-corrected chi connectivity index (χ2v) is 1.50. The molecule has 58 valence electrons. The van der Waals surface area contributed by atoms with Crippen molar-refractivity contribution in [3.05, 3.63) is 0 Å². The Morgan fingerprint density at radius 1 is 1.11 bits per heavy atom. The zero-order chi connectivity index (χ0) is 4.83. The van der Waals surface area contributed by atoms with Crippen molar-refractivity contribution in [1.29, 1.82) is 0 Å². The molecule has 0 aromatic rings. The molecule has 0 aliphatic carbocycles. The van der Waals surface area contributed by atoms with Crippen LogP contribution in [0.1, 0.15) is 26.2 Å². The third kappa shape index (κ3) is 30.4. The standard InChI is InChI=1S/C5H11B.ClH.2H2O/c1-2-3-4-5-6;;;/h2-5H2,1H3;1H;2*1H2. The van der Waals surface area contributed by atoms with Gasteiger partial charge < -0.3 is 11.0 Å². The van der Waals surface area contributed by atoms with Crippen LogP contribution in [0, 0.1) is 0 Å². The largest absolute Gasteiger partial charge is 0.412 e. The minimum atomic E-state index is 0. The Hall–Kier alpha value is 0.275. The van der Waals surface area contributed by atoms with Gasteiger partial charge in [0.2, 0.25) is 0 Å². The van der Waals surface area contributed by atoms with E-state index in [1.54, 1.807) is 0 Å². The average molecular weight is 154 g/mol. The van der Waals surface area contributed by atoms with Crippen LogP contribution in [-0.2, 0) is 0 Å². The normalized spacial score (nSPS) is 5.89. The van der Waals surface area contributed by atoms with Crippen molar-refractivity contribution in [3.8, 4) is 0 Å². The van der Waals surface area contributed by atoms with Crippen LogP contribution in [0.2, 0.25) is 6.32 Å². The Balaban J connectivity index is -0.0000000417. The Morgan fingerprint density at radius 2 is 1.56 bits per heavy atom. The average Bonchev–Trinajstić information content (AvgIpc) is 1.61. The van der Waals surface area contributed by atoms with Gasteiger partial charge in [-0.05, 0) is 0 Å². The monoisotopic (exact) mass is 154 g/mol. The second-order valence-electron chi connectivity index (χ2n) is 1.50. The van der Waals surface area contributed by atoms with Gasteiger partial charge in [-0.3, -0.25) is 0 Å². The third-order valence-corrected chi connectivity index (χ3v) is 0.808. The van der Waals surface area contributed by atoms with E-state index in [2.05, 4.69) is 6.92 Å². The number of hydrogen-bond acceptors (Lipinski definition) is 0. The lowest BCUT2D eigenvalue weighted by Crippen LogP contribution is -1.69. The fraction of sp³-hybridized carbons (Fsp3) is 1.00. The maximum absolute atomic E-state index is 5.21. The molecule has 4 N–H and O–H groups in total. The minimum absolute atomic E-state index is 0. The van der Waals surface area contributed by atoms with Gasteiger partial charge in [-0.1, -0.05) is 32.5 Å². The van der Waals surface area contributed by atoms with E-state index in [1.807, 2.05) is 0 Å². The van der Waals surface area contributed by atoms with E-state index in [0.717, 1.165) is 6.32 Å². The van der Waals surface area contributed by atoms with E-state index in [9.17, 15) is 0 Å². The molecule has 0 saturated carbocycles. The first-order valence-corrected chi connectivity index (χ1v) is 2.62. The molecule has 0 aliphatic rings. The molecule has 0 aromatic carbocycles. The molecule has 2 radical (unpaired) electrons. The predicted molar refractivity (Wildman–Crippen MR) is 44.6 cm³/mol. The fourth-order valence-corrected chi connectivity index (χ4v) is 0.394. The van der Waals surface area contributed by atoms with Crippen molar-refractivity contribution in [3.63, 3.8) is 0 Å². The molecule has 0 heterocycles. The summed E-state index contributed by atoms with van der Waals surface area (Å²) in [6.45, 7) is 2.18. The van der Waals surface area contributed by atoms with Crippen LogP contribution in [0.15, 0.2) is 0 Å². The van der Waals surface area contributed by atoms with Crippen LogP contribution < -0.4 is 0 Å². The summed E-state index contributed by atoms with van der Waals surface area (Å²) in [5.41, 5.74) is 0. The highest BCUT2D eigenvalue weighted by molar-refractivity contribution is 6.08. The molecule has 0 aromatic heterocycles. The number of halogens is 1. The first-order valence-electron chi connectivity index (χ1n) is 2.62. The second kappa shape index (κ2) is 24.0. The molecular formula is C5H16BClO2. The summed E-state index contributed by atoms with van der Waals surface area (Å²) in [4.78, 5) is 0. The molecule has 0 atom stereocenters. The van der Waals surface area contributed by atoms with Gasteiger partial charge in [-0.25, -0.2) is 0 Å². The van der Waals surface area contributed by atoms with Crippen LogP contribution in [0.4, 0.5) is 0 Å². The molecule has 0 amide bonds. The molecule has 0 aliphatic heterocycles. The number of unbranched alkanes of at least 4 members (excludes halogenated alkanes) is 2. The van der Waals surface area contributed by atoms with Crippen molar-refractivity contribution in [1.82, 2.24) is 0 Å². The van der Waals surface area contributed by atoms with Crippen LogP contribution >= 0.6 is 12.4 Å². The lowest BCUT2D eigenvalue weighted by molar-refractivity contribution is 0.771. The zero-order valence-electron chi connectivity index (χ0n) is 5.81. The Labute approximate surface area is 64.5 Å². The molecule has 2 nitrogen and oxygen atoms in total. The first-order chi connectivity index (χ1) is 2.91. The molecule has 0 rings (SSSR count). The van der Waals surface area contributed by atoms with Gasteiger partial charge in [0.05, 0.1) is 7.85 Å². The van der Waals surface area contributed by atoms with Crippen molar-refractivity contribution in [2.75, 3.05) is 0 Å². The zero-order valence-corrected chi connectivity index (χ0v) is 6.63. The summed E-state index contributed by atoms with van der Waals surface area (Å²) in [6.07, 6.45) is 4.61. The summed E-state index contributed by atoms with van der Waals surface area (Å²) >= 11 is 0. The van der Waals surface area contributed by atoms with E-state index in [1.165, 1.54) is 19.3 Å². The van der Waals surface area contributed by atoms with E-state index in [4.69, 9.17) is 7.85 Å². The first kappa shape index (κ1) is 22.8. The van der Waals surface area contributed by atoms with E-state index >= 15 is 0 Å². The molecule has 0 unspecified atom stereocenters. The quantitative estimate of drug-likeness (QED) is 0.421. The van der Waals surface area contributed by atoms with Crippen molar-refractivity contribution >= 4 is 20.3 Å². The highest BCUT2D eigenvalue weighted by Crippen LogP contribution is 1.94. The van der Waals surface area contributed by atoms with Gasteiger partial charge >= 0.3 is 0 Å². The van der Waals surface area contributed by atoms with E-state index < -0.39 is 0 Å². The van der Waals surface area contributed by atoms with Crippen LogP contribution in [-0.4, -0.2) is 18.8 Å². The third-order valence-electron chi connectivity index (χ3n) is 0.808. The lowest BCUT2D eigenvalue weighted by atomic mass is 10.00. The predicted octanol–water partition coefficient (Wildman–Crippen LogP) is 0.536. The van der Waals surface area contributed by atoms with Crippen molar-refractivity contribution in [2.45, 2.75) is 32.5 Å². The van der Waals surface area contributed by atoms with Crippen molar-refractivity contribution < 1.29 is 11.0 Å². The highest BCUT2D eigenvalue weighted by Gasteiger charge is 1.75. The fourth-order valence-electron chi connectivity index (χ4n) is 0.394. The Bertz CT molecular complexity index is 26.9. The summed E-state index contributed by atoms with van der Waals surface area (Å²) in [7, 11) is 5.21. The number of hydrogen-bond donors (Lipinski definition) is 0. The van der Waals surface area contributed by atoms with Gasteiger partial charge in [0, 0.05) is 0 Å². The SMILES string of the molecule is Cl.O.O.[B]CCCCC. The van der Waals surface area contributed by atoms with Gasteiger partial charge in [0.15, 0.2) is 0 Å². The molecule has 0 bridgehead atoms. The maximum atomic E-state index is 5.21. The van der Waals surface area contributed by atoms with Gasteiger partial charge in [0.1, 0.15) is 0 Å². The Kier molecular flexibility index (Phi) is 60.8. The van der Waals surface area contributed by atoms with Crippen LogP contribution in [0.5, 0.6) is 0 Å². The highest BCUT2D eigenvalue weighted by atomic mass is 35.5. The molecule has 0 spiro atoms. The van der Waals surface area contributed by atoms with Gasteiger partial charge in [-0.15, -0.1) is 12.4 Å². The van der Waals surface area contributed by atoms with Gasteiger partial charge in [0.25, 0.3) is 0 Å². The van der Waals surface area contributed by atoms with E-state index in [-0.39, 0.29) is 23.4 Å². The van der Waals surface area contributed by atoms with Crippen LogP contribution in [0.3, 0.4) is 0 Å². The maximum Gasteiger partial charge on any atom is 0.0653 e. The molecular weight excluding hydrogens is 138 g/mol. The topological polar surface area (TPSA) is 63.0 Å². The van der Waals surface area contributed by atoms with E-state index in [0.29, 0.717) is 0 Å². The summed E-state index contributed by atoms with van der Waals surface area (Å²) in [5.74, 6) is 0. The van der Waals surface area contributed by atoms with Crippen molar-refractivity contribution in [2.24, 2.45) is 0 Å².